The van der Waals surface area contributed by atoms with Crippen LogP contribution in [0.2, 0.25) is 0 Å². The van der Waals surface area contributed by atoms with E-state index < -0.39 is 0 Å². The van der Waals surface area contributed by atoms with Gasteiger partial charge in [-0.2, -0.15) is 0 Å². The fraction of sp³-hybridized carbons (Fsp3) is 0.235. The van der Waals surface area contributed by atoms with Crippen LogP contribution in [0.15, 0.2) is 44.3 Å². The molecule has 0 unspecified atom stereocenters. The smallest absolute Gasteiger partial charge is 0.147 e. The first-order valence-corrected chi connectivity index (χ1v) is 8.33. The monoisotopic (exact) mass is 409 g/mol. The van der Waals surface area contributed by atoms with Crippen molar-refractivity contribution in [2.45, 2.75) is 20.8 Å². The first kappa shape index (κ1) is 16.2. The molecular formula is C17H17Br2NO. The standard InChI is InChI=1S/C17H17Br2NO/c1-4-21-17-15(18)8-13(9-16(17)19)10-20-14-6-5-11(2)12(3)7-14/h5-10H,4H2,1-3H3. The van der Waals surface area contributed by atoms with Gasteiger partial charge in [-0.05, 0) is 93.6 Å². The van der Waals surface area contributed by atoms with Gasteiger partial charge in [-0.3, -0.25) is 4.99 Å². The van der Waals surface area contributed by atoms with Gasteiger partial charge in [-0.1, -0.05) is 6.07 Å². The average Bonchev–Trinajstić information content (AvgIpc) is 2.44. The maximum absolute atomic E-state index is 5.58. The number of ether oxygens (including phenoxy) is 1. The van der Waals surface area contributed by atoms with Gasteiger partial charge in [0.2, 0.25) is 0 Å². The van der Waals surface area contributed by atoms with Crippen LogP contribution < -0.4 is 4.74 Å². The lowest BCUT2D eigenvalue weighted by molar-refractivity contribution is 0.336. The van der Waals surface area contributed by atoms with E-state index in [0.717, 1.165) is 25.9 Å². The van der Waals surface area contributed by atoms with Crippen LogP contribution in [-0.4, -0.2) is 12.8 Å². The Balaban J connectivity index is 2.26. The van der Waals surface area contributed by atoms with Gasteiger partial charge in [0.25, 0.3) is 0 Å². The summed E-state index contributed by atoms with van der Waals surface area (Å²) in [6.45, 7) is 6.79. The van der Waals surface area contributed by atoms with E-state index in [0.29, 0.717) is 6.61 Å². The maximum Gasteiger partial charge on any atom is 0.147 e. The van der Waals surface area contributed by atoms with E-state index in [1.807, 2.05) is 31.3 Å². The molecule has 0 saturated carbocycles. The molecule has 0 fully saturated rings. The Kier molecular flexibility index (Phi) is 5.59. The molecule has 2 nitrogen and oxygen atoms in total. The summed E-state index contributed by atoms with van der Waals surface area (Å²) >= 11 is 7.06. The molecule has 110 valence electrons. The summed E-state index contributed by atoms with van der Waals surface area (Å²) in [4.78, 5) is 4.53. The van der Waals surface area contributed by atoms with Crippen LogP contribution in [0.1, 0.15) is 23.6 Å². The van der Waals surface area contributed by atoms with Crippen molar-refractivity contribution >= 4 is 43.8 Å². The number of benzene rings is 2. The van der Waals surface area contributed by atoms with Crippen LogP contribution in [0.3, 0.4) is 0 Å². The van der Waals surface area contributed by atoms with Crippen molar-refractivity contribution in [3.63, 3.8) is 0 Å². The summed E-state index contributed by atoms with van der Waals surface area (Å²) < 4.78 is 7.41. The molecule has 2 aromatic rings. The second-order valence-electron chi connectivity index (χ2n) is 4.77. The van der Waals surface area contributed by atoms with E-state index in [4.69, 9.17) is 4.74 Å². The Bertz CT molecular complexity index is 657. The van der Waals surface area contributed by atoms with Crippen LogP contribution in [-0.2, 0) is 0 Å². The van der Waals surface area contributed by atoms with Gasteiger partial charge in [-0.15, -0.1) is 0 Å². The number of aryl methyl sites for hydroxylation is 2. The number of hydrogen-bond acceptors (Lipinski definition) is 2. The van der Waals surface area contributed by atoms with E-state index >= 15 is 0 Å². The Labute approximate surface area is 142 Å². The summed E-state index contributed by atoms with van der Waals surface area (Å²) in [5.41, 5.74) is 4.49. The molecule has 0 radical (unpaired) electrons. The minimum atomic E-state index is 0.632. The Morgan fingerprint density at radius 3 is 2.29 bits per heavy atom. The first-order valence-electron chi connectivity index (χ1n) is 6.74. The van der Waals surface area contributed by atoms with E-state index in [-0.39, 0.29) is 0 Å². The minimum Gasteiger partial charge on any atom is -0.492 e. The average molecular weight is 411 g/mol. The van der Waals surface area contributed by atoms with Gasteiger partial charge < -0.3 is 4.74 Å². The van der Waals surface area contributed by atoms with Gasteiger partial charge in [-0.25, -0.2) is 0 Å². The molecule has 0 heterocycles. The fourth-order valence-electron chi connectivity index (χ4n) is 1.89. The van der Waals surface area contributed by atoms with Crippen molar-refractivity contribution in [1.82, 2.24) is 0 Å². The van der Waals surface area contributed by atoms with Crippen molar-refractivity contribution in [2.24, 2.45) is 4.99 Å². The summed E-state index contributed by atoms with van der Waals surface area (Å²) in [5.74, 6) is 0.820. The molecule has 2 aromatic carbocycles. The van der Waals surface area contributed by atoms with E-state index in [1.165, 1.54) is 11.1 Å². The molecular weight excluding hydrogens is 394 g/mol. The second-order valence-corrected chi connectivity index (χ2v) is 6.48. The van der Waals surface area contributed by atoms with Crippen molar-refractivity contribution in [1.29, 1.82) is 0 Å². The van der Waals surface area contributed by atoms with E-state index in [1.54, 1.807) is 0 Å². The highest BCUT2D eigenvalue weighted by molar-refractivity contribution is 9.11. The topological polar surface area (TPSA) is 21.6 Å². The number of hydrogen-bond donors (Lipinski definition) is 0. The van der Waals surface area contributed by atoms with Gasteiger partial charge in [0.05, 0.1) is 21.2 Å². The molecule has 0 aliphatic heterocycles. The zero-order valence-electron chi connectivity index (χ0n) is 12.3. The lowest BCUT2D eigenvalue weighted by Gasteiger charge is -2.09. The van der Waals surface area contributed by atoms with Gasteiger partial charge in [0.1, 0.15) is 5.75 Å². The molecule has 0 aliphatic rings. The van der Waals surface area contributed by atoms with Crippen LogP contribution in [0.5, 0.6) is 5.75 Å². The van der Waals surface area contributed by atoms with Crippen LogP contribution in [0, 0.1) is 13.8 Å². The molecule has 21 heavy (non-hydrogen) atoms. The number of aliphatic imine (C=N–C) groups is 1. The highest BCUT2D eigenvalue weighted by Gasteiger charge is 2.07. The van der Waals surface area contributed by atoms with Crippen LogP contribution in [0.25, 0.3) is 0 Å². The number of rotatable bonds is 4. The quantitative estimate of drug-likeness (QED) is 0.568. The molecule has 0 bridgehead atoms. The van der Waals surface area contributed by atoms with Crippen LogP contribution in [0.4, 0.5) is 5.69 Å². The third-order valence-corrected chi connectivity index (χ3v) is 4.34. The van der Waals surface area contributed by atoms with Crippen molar-refractivity contribution in [3.8, 4) is 5.75 Å². The molecule has 0 atom stereocenters. The van der Waals surface area contributed by atoms with Crippen molar-refractivity contribution in [2.75, 3.05) is 6.61 Å². The van der Waals surface area contributed by atoms with Gasteiger partial charge in [0, 0.05) is 6.21 Å². The predicted octanol–water partition coefficient (Wildman–Crippen LogP) is 5.98. The summed E-state index contributed by atoms with van der Waals surface area (Å²) in [5, 5.41) is 0. The van der Waals surface area contributed by atoms with Crippen molar-refractivity contribution in [3.05, 3.63) is 56.0 Å². The molecule has 0 amide bonds. The van der Waals surface area contributed by atoms with E-state index in [9.17, 15) is 0 Å². The molecule has 2 rings (SSSR count). The maximum atomic E-state index is 5.58. The predicted molar refractivity (Wildman–Crippen MR) is 96.2 cm³/mol. The molecule has 0 aromatic heterocycles. The van der Waals surface area contributed by atoms with Gasteiger partial charge in [0.15, 0.2) is 0 Å². The summed E-state index contributed by atoms with van der Waals surface area (Å²) in [6, 6.07) is 10.2. The first-order chi connectivity index (χ1) is 10.0. The highest BCUT2D eigenvalue weighted by atomic mass is 79.9. The van der Waals surface area contributed by atoms with Crippen LogP contribution >= 0.6 is 31.9 Å². The third-order valence-electron chi connectivity index (χ3n) is 3.16. The fourth-order valence-corrected chi connectivity index (χ4v) is 3.34. The van der Waals surface area contributed by atoms with Gasteiger partial charge >= 0.3 is 0 Å². The summed E-state index contributed by atoms with van der Waals surface area (Å²) in [6.07, 6.45) is 1.86. The zero-order valence-corrected chi connectivity index (χ0v) is 15.5. The Morgan fingerprint density at radius 2 is 1.71 bits per heavy atom. The minimum absolute atomic E-state index is 0.632. The zero-order chi connectivity index (χ0) is 15.4. The normalized spacial score (nSPS) is 11.1. The third kappa shape index (κ3) is 4.17. The highest BCUT2D eigenvalue weighted by Crippen LogP contribution is 2.34. The number of nitrogens with zero attached hydrogens (tertiary/aromatic N) is 1. The largest absolute Gasteiger partial charge is 0.492 e. The lowest BCUT2D eigenvalue weighted by Crippen LogP contribution is -1.95. The SMILES string of the molecule is CCOc1c(Br)cc(C=Nc2ccc(C)c(C)c2)cc1Br. The molecule has 0 saturated heterocycles. The Morgan fingerprint density at radius 1 is 1.05 bits per heavy atom. The molecule has 0 aliphatic carbocycles. The Hall–Kier alpha value is -1.13. The molecule has 0 N–H and O–H groups in total. The van der Waals surface area contributed by atoms with Crippen molar-refractivity contribution < 1.29 is 4.74 Å². The summed E-state index contributed by atoms with van der Waals surface area (Å²) in [7, 11) is 0. The second kappa shape index (κ2) is 7.23. The number of halogens is 2. The molecule has 4 heteroatoms. The molecule has 0 spiro atoms. The lowest BCUT2D eigenvalue weighted by atomic mass is 10.1. The van der Waals surface area contributed by atoms with E-state index in [2.05, 4.69) is 62.8 Å².